The predicted molar refractivity (Wildman–Crippen MR) is 66.6 cm³/mol. The number of nitrogens with zero attached hydrogens (tertiary/aromatic N) is 4. The number of rotatable bonds is 5. The number of halogens is 1. The summed E-state index contributed by atoms with van der Waals surface area (Å²) in [5, 5.41) is 18.0. The minimum Gasteiger partial charge on any atom is -0.362 e. The Hall–Kier alpha value is -2.15. The molecule has 2 aromatic heterocycles. The van der Waals surface area contributed by atoms with Crippen LogP contribution in [0.2, 0.25) is 5.02 Å². The Bertz CT molecular complexity index is 543. The summed E-state index contributed by atoms with van der Waals surface area (Å²) in [6.45, 7) is 1.08. The van der Waals surface area contributed by atoms with Crippen LogP contribution in [0.3, 0.4) is 0 Å². The molecule has 1 N–H and O–H groups in total. The minimum atomic E-state index is -0.519. The van der Waals surface area contributed by atoms with Gasteiger partial charge in [-0.05, 0) is 6.07 Å². The quantitative estimate of drug-likeness (QED) is 0.661. The standard InChI is InChI=1S/C10H10ClN5O2/c11-8-6-9(16(17)18)10(13-7-8)12-3-5-15-4-1-2-14-15/h1-2,4,6-7H,3,5H2,(H,12,13). The third-order valence-corrected chi connectivity index (χ3v) is 2.43. The average Bonchev–Trinajstić information content (AvgIpc) is 2.84. The number of nitro groups is 1. The number of pyridine rings is 1. The molecule has 0 saturated heterocycles. The normalized spacial score (nSPS) is 10.3. The monoisotopic (exact) mass is 267 g/mol. The lowest BCUT2D eigenvalue weighted by Gasteiger charge is -2.06. The van der Waals surface area contributed by atoms with Crippen LogP contribution in [-0.4, -0.2) is 26.2 Å². The van der Waals surface area contributed by atoms with E-state index in [4.69, 9.17) is 11.6 Å². The summed E-state index contributed by atoms with van der Waals surface area (Å²) in [7, 11) is 0. The molecule has 0 bridgehead atoms. The van der Waals surface area contributed by atoms with Crippen LogP contribution in [0.25, 0.3) is 0 Å². The first-order valence-electron chi connectivity index (χ1n) is 5.18. The number of aromatic nitrogens is 3. The second kappa shape index (κ2) is 5.46. The second-order valence-corrected chi connectivity index (χ2v) is 3.91. The van der Waals surface area contributed by atoms with Crippen LogP contribution in [0.1, 0.15) is 0 Å². The summed E-state index contributed by atoms with van der Waals surface area (Å²) >= 11 is 5.67. The Balaban J connectivity index is 2.02. The molecular weight excluding hydrogens is 258 g/mol. The van der Waals surface area contributed by atoms with Crippen molar-refractivity contribution in [3.8, 4) is 0 Å². The molecule has 2 aromatic rings. The van der Waals surface area contributed by atoms with Gasteiger partial charge in [0, 0.05) is 31.2 Å². The maximum absolute atomic E-state index is 10.8. The lowest BCUT2D eigenvalue weighted by Crippen LogP contribution is -2.12. The Morgan fingerprint density at radius 1 is 1.56 bits per heavy atom. The van der Waals surface area contributed by atoms with E-state index in [0.717, 1.165) is 0 Å². The van der Waals surface area contributed by atoms with Crippen LogP contribution in [0.5, 0.6) is 0 Å². The summed E-state index contributed by atoms with van der Waals surface area (Å²) in [5.41, 5.74) is -0.136. The van der Waals surface area contributed by atoms with Crippen molar-refractivity contribution in [2.24, 2.45) is 0 Å². The third kappa shape index (κ3) is 2.95. The van der Waals surface area contributed by atoms with Crippen LogP contribution >= 0.6 is 11.6 Å². The van der Waals surface area contributed by atoms with E-state index in [9.17, 15) is 10.1 Å². The summed E-state index contributed by atoms with van der Waals surface area (Å²) in [6.07, 6.45) is 4.85. The number of hydrogen-bond donors (Lipinski definition) is 1. The molecule has 0 aliphatic carbocycles. The Morgan fingerprint density at radius 2 is 2.39 bits per heavy atom. The summed E-state index contributed by atoms with van der Waals surface area (Å²) in [5.74, 6) is 0.205. The van der Waals surface area contributed by atoms with Crippen LogP contribution in [0.4, 0.5) is 11.5 Å². The van der Waals surface area contributed by atoms with E-state index in [0.29, 0.717) is 13.1 Å². The third-order valence-electron chi connectivity index (χ3n) is 2.22. The summed E-state index contributed by atoms with van der Waals surface area (Å²) in [4.78, 5) is 14.2. The zero-order valence-corrected chi connectivity index (χ0v) is 10.0. The second-order valence-electron chi connectivity index (χ2n) is 3.47. The topological polar surface area (TPSA) is 85.9 Å². The van der Waals surface area contributed by atoms with Crippen LogP contribution in [0, 0.1) is 10.1 Å². The number of hydrogen-bond acceptors (Lipinski definition) is 5. The smallest absolute Gasteiger partial charge is 0.312 e. The zero-order chi connectivity index (χ0) is 13.0. The molecule has 0 fully saturated rings. The SMILES string of the molecule is O=[N+]([O-])c1cc(Cl)cnc1NCCn1cccn1. The van der Waals surface area contributed by atoms with E-state index in [-0.39, 0.29) is 16.5 Å². The van der Waals surface area contributed by atoms with Gasteiger partial charge in [-0.1, -0.05) is 11.6 Å². The first-order chi connectivity index (χ1) is 8.66. The molecule has 2 heterocycles. The molecule has 7 nitrogen and oxygen atoms in total. The van der Waals surface area contributed by atoms with Gasteiger partial charge >= 0.3 is 5.69 Å². The highest BCUT2D eigenvalue weighted by Crippen LogP contribution is 2.24. The first kappa shape index (κ1) is 12.3. The van der Waals surface area contributed by atoms with Gasteiger partial charge in [0.25, 0.3) is 0 Å². The molecule has 0 unspecified atom stereocenters. The van der Waals surface area contributed by atoms with Gasteiger partial charge in [-0.3, -0.25) is 14.8 Å². The van der Waals surface area contributed by atoms with Crippen molar-refractivity contribution in [3.05, 3.63) is 45.9 Å². The summed E-state index contributed by atoms with van der Waals surface area (Å²) < 4.78 is 1.72. The molecule has 18 heavy (non-hydrogen) atoms. The maximum atomic E-state index is 10.8. The van der Waals surface area contributed by atoms with Crippen molar-refractivity contribution in [1.82, 2.24) is 14.8 Å². The van der Waals surface area contributed by atoms with Crippen molar-refractivity contribution in [2.45, 2.75) is 6.54 Å². The fourth-order valence-corrected chi connectivity index (χ4v) is 1.58. The largest absolute Gasteiger partial charge is 0.362 e. The van der Waals surface area contributed by atoms with Crippen LogP contribution in [0.15, 0.2) is 30.7 Å². The molecule has 8 heteroatoms. The van der Waals surface area contributed by atoms with E-state index >= 15 is 0 Å². The van der Waals surface area contributed by atoms with Crippen molar-refractivity contribution in [1.29, 1.82) is 0 Å². The van der Waals surface area contributed by atoms with Gasteiger partial charge in [0.2, 0.25) is 5.82 Å². The first-order valence-corrected chi connectivity index (χ1v) is 5.56. The van der Waals surface area contributed by atoms with Crippen molar-refractivity contribution < 1.29 is 4.92 Å². The highest BCUT2D eigenvalue weighted by molar-refractivity contribution is 6.30. The van der Waals surface area contributed by atoms with Gasteiger partial charge < -0.3 is 5.32 Å². The fourth-order valence-electron chi connectivity index (χ4n) is 1.43. The van der Waals surface area contributed by atoms with Crippen LogP contribution < -0.4 is 5.32 Å². The Kier molecular flexibility index (Phi) is 3.73. The van der Waals surface area contributed by atoms with Gasteiger partial charge in [0.15, 0.2) is 0 Å². The average molecular weight is 268 g/mol. The lowest BCUT2D eigenvalue weighted by molar-refractivity contribution is -0.384. The van der Waals surface area contributed by atoms with Gasteiger partial charge in [0.1, 0.15) is 0 Å². The molecule has 0 saturated carbocycles. The minimum absolute atomic E-state index is 0.136. The van der Waals surface area contributed by atoms with Gasteiger partial charge in [-0.25, -0.2) is 4.98 Å². The molecule has 0 amide bonds. The molecule has 0 aliphatic rings. The van der Waals surface area contributed by atoms with Crippen molar-refractivity contribution in [2.75, 3.05) is 11.9 Å². The lowest BCUT2D eigenvalue weighted by atomic mass is 10.4. The fraction of sp³-hybridized carbons (Fsp3) is 0.200. The molecule has 2 rings (SSSR count). The van der Waals surface area contributed by atoms with Gasteiger partial charge in [-0.15, -0.1) is 0 Å². The highest BCUT2D eigenvalue weighted by atomic mass is 35.5. The van der Waals surface area contributed by atoms with Crippen molar-refractivity contribution in [3.63, 3.8) is 0 Å². The van der Waals surface area contributed by atoms with Gasteiger partial charge in [0.05, 0.1) is 16.5 Å². The van der Waals surface area contributed by atoms with E-state index in [1.54, 1.807) is 10.9 Å². The van der Waals surface area contributed by atoms with E-state index in [1.165, 1.54) is 12.3 Å². The summed E-state index contributed by atoms with van der Waals surface area (Å²) in [6, 6.07) is 3.08. The molecule has 0 aromatic carbocycles. The van der Waals surface area contributed by atoms with Crippen LogP contribution in [-0.2, 0) is 6.54 Å². The van der Waals surface area contributed by atoms with E-state index in [1.807, 2.05) is 12.3 Å². The molecule has 0 aliphatic heterocycles. The molecule has 0 spiro atoms. The molecule has 0 atom stereocenters. The van der Waals surface area contributed by atoms with Gasteiger partial charge in [-0.2, -0.15) is 5.10 Å². The molecular formula is C10H10ClN5O2. The van der Waals surface area contributed by atoms with Crippen molar-refractivity contribution >= 4 is 23.1 Å². The Morgan fingerprint density at radius 3 is 3.06 bits per heavy atom. The Labute approximate surface area is 108 Å². The molecule has 0 radical (unpaired) electrons. The van der Waals surface area contributed by atoms with E-state index < -0.39 is 4.92 Å². The predicted octanol–water partition coefficient (Wildman–Crippen LogP) is 1.95. The maximum Gasteiger partial charge on any atom is 0.312 e. The number of nitrogens with one attached hydrogen (secondary N) is 1. The number of anilines is 1. The highest BCUT2D eigenvalue weighted by Gasteiger charge is 2.15. The zero-order valence-electron chi connectivity index (χ0n) is 9.28. The van der Waals surface area contributed by atoms with E-state index in [2.05, 4.69) is 15.4 Å². The molecule has 94 valence electrons.